The minimum atomic E-state index is -0.102. The Balaban J connectivity index is 1.61. The molecule has 0 aliphatic carbocycles. The molecule has 3 rings (SSSR count). The van der Waals surface area contributed by atoms with Gasteiger partial charge in [0.25, 0.3) is 5.91 Å². The van der Waals surface area contributed by atoms with Crippen molar-refractivity contribution in [1.82, 2.24) is 10.4 Å². The number of carbonyl (C=O) groups is 1. The van der Waals surface area contributed by atoms with Gasteiger partial charge in [-0.3, -0.25) is 10.2 Å². The van der Waals surface area contributed by atoms with Crippen molar-refractivity contribution in [2.45, 2.75) is 19.3 Å². The van der Waals surface area contributed by atoms with Gasteiger partial charge in [-0.25, -0.2) is 5.01 Å². The molecule has 0 atom stereocenters. The van der Waals surface area contributed by atoms with Crippen LogP contribution in [0.5, 0.6) is 5.75 Å². The molecule has 0 radical (unpaired) electrons. The Morgan fingerprint density at radius 2 is 1.65 bits per heavy atom. The number of para-hydroxylation sites is 1. The van der Waals surface area contributed by atoms with Gasteiger partial charge in [0.1, 0.15) is 5.75 Å². The molecular formula is C19H22N2O2. The monoisotopic (exact) mass is 310 g/mol. The van der Waals surface area contributed by atoms with E-state index in [-0.39, 0.29) is 12.5 Å². The van der Waals surface area contributed by atoms with E-state index in [1.54, 1.807) is 0 Å². The van der Waals surface area contributed by atoms with Crippen LogP contribution in [-0.2, 0) is 4.79 Å². The SMILES string of the molecule is O=C(COc1ccccc1-c1ccccc1)NN1CCCCC1. The molecule has 120 valence electrons. The number of nitrogens with one attached hydrogen (secondary N) is 1. The smallest absolute Gasteiger partial charge is 0.272 e. The summed E-state index contributed by atoms with van der Waals surface area (Å²) >= 11 is 0. The standard InChI is InChI=1S/C19H22N2O2/c22-19(20-21-13-7-2-8-14-21)15-23-18-12-6-5-11-17(18)16-9-3-1-4-10-16/h1,3-6,9-12H,2,7-8,13-15H2,(H,20,22). The second-order valence-corrected chi connectivity index (χ2v) is 5.73. The van der Waals surface area contributed by atoms with Crippen molar-refractivity contribution in [1.29, 1.82) is 0 Å². The molecule has 1 aliphatic heterocycles. The van der Waals surface area contributed by atoms with E-state index >= 15 is 0 Å². The first kappa shape index (κ1) is 15.6. The van der Waals surface area contributed by atoms with Gasteiger partial charge in [0.2, 0.25) is 0 Å². The maximum absolute atomic E-state index is 12.1. The van der Waals surface area contributed by atoms with Crippen molar-refractivity contribution >= 4 is 5.91 Å². The summed E-state index contributed by atoms with van der Waals surface area (Å²) in [6, 6.07) is 17.9. The fourth-order valence-corrected chi connectivity index (χ4v) is 2.81. The number of hydrogen-bond acceptors (Lipinski definition) is 3. The van der Waals surface area contributed by atoms with Crippen molar-refractivity contribution in [3.05, 3.63) is 54.6 Å². The molecule has 2 aromatic rings. The molecule has 0 bridgehead atoms. The summed E-state index contributed by atoms with van der Waals surface area (Å²) in [6.07, 6.45) is 3.52. The Morgan fingerprint density at radius 1 is 0.957 bits per heavy atom. The predicted molar refractivity (Wildman–Crippen MR) is 90.9 cm³/mol. The van der Waals surface area contributed by atoms with Gasteiger partial charge < -0.3 is 4.74 Å². The summed E-state index contributed by atoms with van der Waals surface area (Å²) in [5.41, 5.74) is 5.00. The Labute approximate surface area is 137 Å². The van der Waals surface area contributed by atoms with E-state index in [0.29, 0.717) is 0 Å². The first-order chi connectivity index (χ1) is 11.3. The summed E-state index contributed by atoms with van der Waals surface area (Å²) in [7, 11) is 0. The number of rotatable bonds is 5. The molecule has 0 spiro atoms. The minimum absolute atomic E-state index is 0.0281. The number of carbonyl (C=O) groups excluding carboxylic acids is 1. The Morgan fingerprint density at radius 3 is 2.43 bits per heavy atom. The van der Waals surface area contributed by atoms with Gasteiger partial charge in [-0.05, 0) is 24.5 Å². The van der Waals surface area contributed by atoms with Gasteiger partial charge in [-0.15, -0.1) is 0 Å². The summed E-state index contributed by atoms with van der Waals surface area (Å²) in [5, 5.41) is 1.98. The van der Waals surface area contributed by atoms with E-state index in [0.717, 1.165) is 42.8 Å². The predicted octanol–water partition coefficient (Wildman–Crippen LogP) is 3.25. The molecule has 1 fully saturated rings. The average Bonchev–Trinajstić information content (AvgIpc) is 2.62. The van der Waals surface area contributed by atoms with Crippen molar-refractivity contribution in [2.75, 3.05) is 19.7 Å². The molecule has 2 aromatic carbocycles. The van der Waals surface area contributed by atoms with Crippen LogP contribution in [0.25, 0.3) is 11.1 Å². The van der Waals surface area contributed by atoms with Crippen LogP contribution in [0.3, 0.4) is 0 Å². The molecule has 1 heterocycles. The van der Waals surface area contributed by atoms with Gasteiger partial charge in [0.05, 0.1) is 0 Å². The van der Waals surface area contributed by atoms with Gasteiger partial charge in [0, 0.05) is 18.7 Å². The van der Waals surface area contributed by atoms with Gasteiger partial charge in [-0.2, -0.15) is 0 Å². The van der Waals surface area contributed by atoms with Crippen LogP contribution in [0, 0.1) is 0 Å². The van der Waals surface area contributed by atoms with Crippen molar-refractivity contribution < 1.29 is 9.53 Å². The van der Waals surface area contributed by atoms with Crippen LogP contribution < -0.4 is 10.2 Å². The lowest BCUT2D eigenvalue weighted by Gasteiger charge is -2.26. The highest BCUT2D eigenvalue weighted by atomic mass is 16.5. The van der Waals surface area contributed by atoms with E-state index in [1.807, 2.05) is 59.6 Å². The van der Waals surface area contributed by atoms with Gasteiger partial charge >= 0.3 is 0 Å². The van der Waals surface area contributed by atoms with Crippen LogP contribution in [0.1, 0.15) is 19.3 Å². The normalized spacial score (nSPS) is 15.1. The highest BCUT2D eigenvalue weighted by molar-refractivity contribution is 5.78. The van der Waals surface area contributed by atoms with Gasteiger partial charge in [0.15, 0.2) is 6.61 Å². The molecule has 4 heteroatoms. The third-order valence-electron chi connectivity index (χ3n) is 3.97. The maximum atomic E-state index is 12.1. The average molecular weight is 310 g/mol. The molecule has 1 amide bonds. The lowest BCUT2D eigenvalue weighted by molar-refractivity contribution is -0.128. The number of nitrogens with zero attached hydrogens (tertiary/aromatic N) is 1. The first-order valence-corrected chi connectivity index (χ1v) is 8.14. The van der Waals surface area contributed by atoms with Crippen LogP contribution in [0.2, 0.25) is 0 Å². The Kier molecular flexibility index (Phi) is 5.27. The summed E-state index contributed by atoms with van der Waals surface area (Å²) in [6.45, 7) is 1.87. The van der Waals surface area contributed by atoms with Crippen molar-refractivity contribution in [2.24, 2.45) is 0 Å². The molecule has 1 N–H and O–H groups in total. The molecule has 0 aromatic heterocycles. The lowest BCUT2D eigenvalue weighted by atomic mass is 10.1. The van der Waals surface area contributed by atoms with E-state index in [1.165, 1.54) is 6.42 Å². The molecule has 1 aliphatic rings. The zero-order chi connectivity index (χ0) is 15.9. The summed E-state index contributed by atoms with van der Waals surface area (Å²) < 4.78 is 5.76. The number of amides is 1. The number of hydrazine groups is 1. The quantitative estimate of drug-likeness (QED) is 0.922. The molecular weight excluding hydrogens is 288 g/mol. The first-order valence-electron chi connectivity index (χ1n) is 8.14. The molecule has 0 saturated carbocycles. The summed E-state index contributed by atoms with van der Waals surface area (Å²) in [4.78, 5) is 12.1. The largest absolute Gasteiger partial charge is 0.483 e. The van der Waals surface area contributed by atoms with E-state index in [2.05, 4.69) is 5.43 Å². The third-order valence-corrected chi connectivity index (χ3v) is 3.97. The molecule has 1 saturated heterocycles. The Hall–Kier alpha value is -2.33. The van der Waals surface area contributed by atoms with E-state index < -0.39 is 0 Å². The summed E-state index contributed by atoms with van der Waals surface area (Å²) in [5.74, 6) is 0.627. The van der Waals surface area contributed by atoms with Crippen LogP contribution in [0.4, 0.5) is 0 Å². The zero-order valence-corrected chi connectivity index (χ0v) is 13.2. The third kappa shape index (κ3) is 4.33. The van der Waals surface area contributed by atoms with E-state index in [9.17, 15) is 4.79 Å². The topological polar surface area (TPSA) is 41.6 Å². The number of hydrogen-bond donors (Lipinski definition) is 1. The van der Waals surface area contributed by atoms with Crippen LogP contribution in [0.15, 0.2) is 54.6 Å². The van der Waals surface area contributed by atoms with Crippen molar-refractivity contribution in [3.8, 4) is 16.9 Å². The molecule has 4 nitrogen and oxygen atoms in total. The molecule has 0 unspecified atom stereocenters. The fraction of sp³-hybridized carbons (Fsp3) is 0.316. The number of ether oxygens (including phenoxy) is 1. The fourth-order valence-electron chi connectivity index (χ4n) is 2.81. The second kappa shape index (κ2) is 7.79. The highest BCUT2D eigenvalue weighted by Crippen LogP contribution is 2.29. The zero-order valence-electron chi connectivity index (χ0n) is 13.2. The van der Waals surface area contributed by atoms with Gasteiger partial charge in [-0.1, -0.05) is 55.0 Å². The van der Waals surface area contributed by atoms with E-state index in [4.69, 9.17) is 4.74 Å². The van der Waals surface area contributed by atoms with Crippen LogP contribution >= 0.6 is 0 Å². The number of benzene rings is 2. The molecule has 23 heavy (non-hydrogen) atoms. The van der Waals surface area contributed by atoms with Crippen LogP contribution in [-0.4, -0.2) is 30.6 Å². The maximum Gasteiger partial charge on any atom is 0.272 e. The Bertz CT molecular complexity index is 637. The minimum Gasteiger partial charge on any atom is -0.483 e. The number of piperidine rings is 1. The van der Waals surface area contributed by atoms with Crippen molar-refractivity contribution in [3.63, 3.8) is 0 Å². The highest BCUT2D eigenvalue weighted by Gasteiger charge is 2.13. The lowest BCUT2D eigenvalue weighted by Crippen LogP contribution is -2.46. The second-order valence-electron chi connectivity index (χ2n) is 5.73.